The summed E-state index contributed by atoms with van der Waals surface area (Å²) in [6.07, 6.45) is 5.65. The molecule has 0 saturated carbocycles. The highest BCUT2D eigenvalue weighted by molar-refractivity contribution is 8.24. The number of imidazole rings is 1. The Kier molecular flexibility index (Phi) is 4.85. The van der Waals surface area contributed by atoms with Gasteiger partial charge in [-0.3, -0.25) is 0 Å². The summed E-state index contributed by atoms with van der Waals surface area (Å²) in [4.78, 5) is 5.29. The number of benzene rings is 1. The normalized spacial score (nSPS) is 12.2. The molecule has 0 radical (unpaired) electrons. The van der Waals surface area contributed by atoms with Gasteiger partial charge in [-0.1, -0.05) is 48.6 Å². The van der Waals surface area contributed by atoms with E-state index in [2.05, 4.69) is 45.3 Å². The van der Waals surface area contributed by atoms with Crippen molar-refractivity contribution in [3.8, 4) is 0 Å². The van der Waals surface area contributed by atoms with E-state index >= 15 is 0 Å². The number of thiocarbonyl (C=S) groups is 1. The molecular weight excluding hydrogens is 316 g/mol. The third-order valence-corrected chi connectivity index (χ3v) is 5.87. The van der Waals surface area contributed by atoms with Crippen molar-refractivity contribution < 1.29 is 0 Å². The molecule has 2 heterocycles. The Hall–Kier alpha value is -1.43. The third-order valence-electron chi connectivity index (χ3n) is 3.08. The average molecular weight is 331 g/mol. The standard InChI is InChI=1S/C16H14N2S3/c19-16(14-7-4-10-20-14)21-15(11-18-9-8-17-12-18)13-5-2-1-3-6-13/h1-10,12,15H,11H2. The van der Waals surface area contributed by atoms with Gasteiger partial charge in [-0.2, -0.15) is 0 Å². The highest BCUT2D eigenvalue weighted by Gasteiger charge is 2.16. The van der Waals surface area contributed by atoms with Crippen molar-refractivity contribution in [1.82, 2.24) is 9.55 Å². The van der Waals surface area contributed by atoms with Crippen molar-refractivity contribution in [1.29, 1.82) is 0 Å². The van der Waals surface area contributed by atoms with Crippen molar-refractivity contribution in [2.45, 2.75) is 11.8 Å². The van der Waals surface area contributed by atoms with Gasteiger partial charge < -0.3 is 4.57 Å². The number of thioether (sulfide) groups is 1. The van der Waals surface area contributed by atoms with E-state index in [1.54, 1.807) is 23.1 Å². The molecule has 0 saturated heterocycles. The van der Waals surface area contributed by atoms with E-state index in [0.29, 0.717) is 0 Å². The molecule has 3 rings (SSSR count). The molecule has 0 amide bonds. The molecule has 3 aromatic rings. The van der Waals surface area contributed by atoms with Crippen molar-refractivity contribution in [3.63, 3.8) is 0 Å². The minimum absolute atomic E-state index is 0.287. The summed E-state index contributed by atoms with van der Waals surface area (Å²) < 4.78 is 3.06. The van der Waals surface area contributed by atoms with Gasteiger partial charge >= 0.3 is 0 Å². The average Bonchev–Trinajstić information content (AvgIpc) is 3.21. The molecule has 1 aromatic carbocycles. The third kappa shape index (κ3) is 3.81. The van der Waals surface area contributed by atoms with Crippen molar-refractivity contribution in [2.75, 3.05) is 0 Å². The fourth-order valence-electron chi connectivity index (χ4n) is 2.05. The molecule has 0 bridgehead atoms. The topological polar surface area (TPSA) is 17.8 Å². The summed E-state index contributed by atoms with van der Waals surface area (Å²) in [6.45, 7) is 0.861. The largest absolute Gasteiger partial charge is 0.336 e. The minimum Gasteiger partial charge on any atom is -0.336 e. The molecule has 2 nitrogen and oxygen atoms in total. The molecule has 106 valence electrons. The monoisotopic (exact) mass is 330 g/mol. The highest BCUT2D eigenvalue weighted by atomic mass is 32.2. The van der Waals surface area contributed by atoms with E-state index in [1.807, 2.05) is 30.9 Å². The molecule has 5 heteroatoms. The maximum atomic E-state index is 5.59. The highest BCUT2D eigenvalue weighted by Crippen LogP contribution is 2.34. The van der Waals surface area contributed by atoms with Crippen LogP contribution in [0.5, 0.6) is 0 Å². The second-order valence-electron chi connectivity index (χ2n) is 4.54. The van der Waals surface area contributed by atoms with Crippen LogP contribution >= 0.6 is 35.3 Å². The van der Waals surface area contributed by atoms with E-state index < -0.39 is 0 Å². The molecule has 0 fully saturated rings. The Labute approximate surface area is 137 Å². The fourth-order valence-corrected chi connectivity index (χ4v) is 4.44. The van der Waals surface area contributed by atoms with Crippen LogP contribution in [0, 0.1) is 0 Å². The maximum Gasteiger partial charge on any atom is 0.0946 e. The number of hydrogen-bond acceptors (Lipinski definition) is 4. The molecule has 0 aliphatic carbocycles. The minimum atomic E-state index is 0.287. The lowest BCUT2D eigenvalue weighted by molar-refractivity contribution is 0.685. The first-order valence-electron chi connectivity index (χ1n) is 6.58. The lowest BCUT2D eigenvalue weighted by atomic mass is 10.1. The number of nitrogens with zero attached hydrogens (tertiary/aromatic N) is 2. The Morgan fingerprint density at radius 2 is 2.10 bits per heavy atom. The van der Waals surface area contributed by atoms with E-state index in [1.165, 1.54) is 10.4 Å². The molecule has 21 heavy (non-hydrogen) atoms. The lowest BCUT2D eigenvalue weighted by Gasteiger charge is -2.17. The van der Waals surface area contributed by atoms with Gasteiger partial charge in [0, 0.05) is 18.9 Å². The van der Waals surface area contributed by atoms with Crippen LogP contribution in [0.15, 0.2) is 66.6 Å². The van der Waals surface area contributed by atoms with Crippen molar-refractivity contribution in [2.24, 2.45) is 0 Å². The summed E-state index contributed by atoms with van der Waals surface area (Å²) >= 11 is 9.04. The maximum absolute atomic E-state index is 5.59. The zero-order valence-electron chi connectivity index (χ0n) is 11.3. The lowest BCUT2D eigenvalue weighted by Crippen LogP contribution is -2.07. The molecule has 0 aliphatic rings. The first kappa shape index (κ1) is 14.5. The summed E-state index contributed by atoms with van der Waals surface area (Å²) in [5.74, 6) is 0. The van der Waals surface area contributed by atoms with Gasteiger partial charge in [-0.15, -0.1) is 23.1 Å². The van der Waals surface area contributed by atoms with Crippen LogP contribution in [0.4, 0.5) is 0 Å². The molecule has 2 aromatic heterocycles. The Morgan fingerprint density at radius 3 is 2.76 bits per heavy atom. The van der Waals surface area contributed by atoms with Gasteiger partial charge in [0.05, 0.1) is 20.7 Å². The van der Waals surface area contributed by atoms with Crippen LogP contribution < -0.4 is 0 Å². The number of rotatable bonds is 5. The Morgan fingerprint density at radius 1 is 1.24 bits per heavy atom. The Balaban J connectivity index is 1.80. The second-order valence-corrected chi connectivity index (χ2v) is 7.37. The van der Waals surface area contributed by atoms with Gasteiger partial charge in [0.1, 0.15) is 0 Å². The smallest absolute Gasteiger partial charge is 0.0946 e. The second kappa shape index (κ2) is 7.02. The van der Waals surface area contributed by atoms with Gasteiger partial charge in [-0.05, 0) is 17.0 Å². The van der Waals surface area contributed by atoms with Crippen molar-refractivity contribution >= 4 is 39.5 Å². The van der Waals surface area contributed by atoms with Crippen LogP contribution in [-0.2, 0) is 6.54 Å². The van der Waals surface area contributed by atoms with E-state index in [4.69, 9.17) is 12.2 Å². The summed E-state index contributed by atoms with van der Waals surface area (Å²) in [6, 6.07) is 14.6. The first-order chi connectivity index (χ1) is 10.3. The number of thiophene rings is 1. The van der Waals surface area contributed by atoms with E-state index in [0.717, 1.165) is 10.7 Å². The zero-order valence-corrected chi connectivity index (χ0v) is 13.7. The van der Waals surface area contributed by atoms with E-state index in [9.17, 15) is 0 Å². The predicted octanol–water partition coefficient (Wildman–Crippen LogP) is 4.79. The van der Waals surface area contributed by atoms with Gasteiger partial charge in [0.25, 0.3) is 0 Å². The molecule has 1 unspecified atom stereocenters. The number of aromatic nitrogens is 2. The first-order valence-corrected chi connectivity index (χ1v) is 8.75. The van der Waals surface area contributed by atoms with Crippen LogP contribution in [0.25, 0.3) is 0 Å². The van der Waals surface area contributed by atoms with Crippen LogP contribution in [0.2, 0.25) is 0 Å². The molecule has 1 atom stereocenters. The quantitative estimate of drug-likeness (QED) is 0.626. The summed E-state index contributed by atoms with van der Waals surface area (Å²) in [7, 11) is 0. The zero-order chi connectivity index (χ0) is 14.5. The van der Waals surface area contributed by atoms with Crippen molar-refractivity contribution in [3.05, 3.63) is 77.0 Å². The molecule has 0 aliphatic heterocycles. The summed E-state index contributed by atoms with van der Waals surface area (Å²) in [5.41, 5.74) is 1.29. The molecule has 0 spiro atoms. The molecule has 0 N–H and O–H groups in total. The number of hydrogen-bond donors (Lipinski definition) is 0. The Bertz CT molecular complexity index is 676. The van der Waals surface area contributed by atoms with Crippen LogP contribution in [-0.4, -0.2) is 13.7 Å². The SMILES string of the molecule is S=C(SC(Cn1ccnc1)c1ccccc1)c1cccs1. The van der Waals surface area contributed by atoms with Gasteiger partial charge in [-0.25, -0.2) is 4.98 Å². The van der Waals surface area contributed by atoms with Gasteiger partial charge in [0.15, 0.2) is 0 Å². The van der Waals surface area contributed by atoms with Gasteiger partial charge in [0.2, 0.25) is 0 Å². The predicted molar refractivity (Wildman–Crippen MR) is 95.0 cm³/mol. The van der Waals surface area contributed by atoms with Crippen LogP contribution in [0.1, 0.15) is 15.7 Å². The van der Waals surface area contributed by atoms with E-state index in [-0.39, 0.29) is 5.25 Å². The fraction of sp³-hybridized carbons (Fsp3) is 0.125. The van der Waals surface area contributed by atoms with Crippen LogP contribution in [0.3, 0.4) is 0 Å². The summed E-state index contributed by atoms with van der Waals surface area (Å²) in [5, 5.41) is 2.35. The molecular formula is C16H14N2S3.